The molecule has 2 rings (SSSR count). The molecule has 0 spiro atoms. The van der Waals surface area contributed by atoms with Gasteiger partial charge in [0.25, 0.3) is 0 Å². The third-order valence-electron chi connectivity index (χ3n) is 3.22. The van der Waals surface area contributed by atoms with Crippen LogP contribution < -0.4 is 4.74 Å². The number of aromatic carboxylic acids is 1. The van der Waals surface area contributed by atoms with Crippen molar-refractivity contribution in [2.45, 2.75) is 26.9 Å². The first-order valence-electron chi connectivity index (χ1n) is 6.92. The molecule has 0 aliphatic carbocycles. The van der Waals surface area contributed by atoms with Crippen molar-refractivity contribution in [3.05, 3.63) is 44.9 Å². The molecule has 0 unspecified atom stereocenters. The number of carboxylic acids is 1. The van der Waals surface area contributed by atoms with Gasteiger partial charge in [0.15, 0.2) is 0 Å². The molecule has 6 heteroatoms. The van der Waals surface area contributed by atoms with E-state index < -0.39 is 5.97 Å². The molecule has 0 aliphatic rings. The minimum Gasteiger partial charge on any atom is -0.487 e. The third kappa shape index (κ3) is 3.84. The molecule has 22 heavy (non-hydrogen) atoms. The summed E-state index contributed by atoms with van der Waals surface area (Å²) in [6.45, 7) is 4.59. The highest BCUT2D eigenvalue weighted by Crippen LogP contribution is 2.25. The summed E-state index contributed by atoms with van der Waals surface area (Å²) in [6, 6.07) is 5.89. The number of hydrogen-bond donors (Lipinski definition) is 1. The summed E-state index contributed by atoms with van der Waals surface area (Å²) >= 11 is 1.18. The van der Waals surface area contributed by atoms with Crippen LogP contribution in [0.4, 0.5) is 0 Å². The molecule has 0 fully saturated rings. The number of carbonyl (C=O) groups is 1. The van der Waals surface area contributed by atoms with Crippen molar-refractivity contribution >= 4 is 17.3 Å². The second-order valence-electron chi connectivity index (χ2n) is 4.94. The number of aromatic nitrogens is 1. The molecule has 1 N–H and O–H groups in total. The fraction of sp³-hybridized carbons (Fsp3) is 0.375. The molecule has 5 nitrogen and oxygen atoms in total. The van der Waals surface area contributed by atoms with E-state index in [1.807, 2.05) is 32.0 Å². The first-order valence-corrected chi connectivity index (χ1v) is 7.74. The van der Waals surface area contributed by atoms with E-state index in [9.17, 15) is 9.90 Å². The second-order valence-corrected chi connectivity index (χ2v) is 6.02. The van der Waals surface area contributed by atoms with Crippen LogP contribution in [0.5, 0.6) is 5.75 Å². The summed E-state index contributed by atoms with van der Waals surface area (Å²) in [5, 5.41) is 10.0. The highest BCUT2D eigenvalue weighted by atomic mass is 32.1. The topological polar surface area (TPSA) is 68.7 Å². The normalized spacial score (nSPS) is 10.7. The number of benzene rings is 1. The molecule has 2 aromatic rings. The van der Waals surface area contributed by atoms with Gasteiger partial charge in [-0.3, -0.25) is 0 Å². The van der Waals surface area contributed by atoms with E-state index in [1.165, 1.54) is 11.3 Å². The average molecular weight is 321 g/mol. The number of carboxylic acid groups (broad SMARTS) is 1. The van der Waals surface area contributed by atoms with Crippen LogP contribution in [-0.2, 0) is 17.8 Å². The summed E-state index contributed by atoms with van der Waals surface area (Å²) in [5.74, 6) is -0.188. The summed E-state index contributed by atoms with van der Waals surface area (Å²) in [4.78, 5) is 15.9. The van der Waals surface area contributed by atoms with Crippen LogP contribution in [0, 0.1) is 13.8 Å². The molecular formula is C16H19NO4S. The molecule has 1 heterocycles. The number of methoxy groups -OCH3 is 1. The van der Waals surface area contributed by atoms with Gasteiger partial charge in [-0.25, -0.2) is 9.78 Å². The highest BCUT2D eigenvalue weighted by Gasteiger charge is 2.18. The number of hydrogen-bond acceptors (Lipinski definition) is 5. The van der Waals surface area contributed by atoms with Crippen molar-refractivity contribution in [3.8, 4) is 5.75 Å². The standard InChI is InChI=1S/C16H19NO4S/c1-10-5-4-6-11(2)14(10)21-9-12-15(16(18)19)22-13(17-12)7-8-20-3/h4-6H,7-9H2,1-3H3,(H,18,19). The van der Waals surface area contributed by atoms with Crippen LogP contribution in [-0.4, -0.2) is 29.8 Å². The van der Waals surface area contributed by atoms with Crippen molar-refractivity contribution in [1.82, 2.24) is 4.98 Å². The lowest BCUT2D eigenvalue weighted by atomic mass is 10.1. The Bertz CT molecular complexity index is 646. The van der Waals surface area contributed by atoms with Gasteiger partial charge >= 0.3 is 5.97 Å². The SMILES string of the molecule is COCCc1nc(COc2c(C)cccc2C)c(C(=O)O)s1. The van der Waals surface area contributed by atoms with E-state index in [0.29, 0.717) is 18.7 Å². The first-order chi connectivity index (χ1) is 10.5. The Labute approximate surface area is 133 Å². The molecular weight excluding hydrogens is 302 g/mol. The zero-order chi connectivity index (χ0) is 16.1. The lowest BCUT2D eigenvalue weighted by molar-refractivity contribution is 0.0699. The van der Waals surface area contributed by atoms with Crippen LogP contribution >= 0.6 is 11.3 Å². The van der Waals surface area contributed by atoms with Crippen LogP contribution in [0.15, 0.2) is 18.2 Å². The molecule has 0 atom stereocenters. The molecule has 1 aromatic heterocycles. The third-order valence-corrected chi connectivity index (χ3v) is 4.36. The van der Waals surface area contributed by atoms with E-state index in [4.69, 9.17) is 9.47 Å². The summed E-state index contributed by atoms with van der Waals surface area (Å²) in [7, 11) is 1.61. The van der Waals surface area contributed by atoms with Crippen LogP contribution in [0.3, 0.4) is 0 Å². The van der Waals surface area contributed by atoms with Gasteiger partial charge in [-0.05, 0) is 25.0 Å². The Kier molecular flexibility index (Phi) is 5.51. The maximum atomic E-state index is 11.3. The fourth-order valence-electron chi connectivity index (χ4n) is 2.13. The minimum absolute atomic E-state index is 0.150. The lowest BCUT2D eigenvalue weighted by Crippen LogP contribution is -2.05. The van der Waals surface area contributed by atoms with E-state index in [1.54, 1.807) is 7.11 Å². The van der Waals surface area contributed by atoms with E-state index >= 15 is 0 Å². The Morgan fingerprint density at radius 3 is 2.59 bits per heavy atom. The molecule has 118 valence electrons. The van der Waals surface area contributed by atoms with Crippen LogP contribution in [0.2, 0.25) is 0 Å². The van der Waals surface area contributed by atoms with Gasteiger partial charge in [-0.1, -0.05) is 18.2 Å². The van der Waals surface area contributed by atoms with Gasteiger partial charge in [0.1, 0.15) is 22.9 Å². The van der Waals surface area contributed by atoms with Crippen molar-refractivity contribution in [1.29, 1.82) is 0 Å². The van der Waals surface area contributed by atoms with Gasteiger partial charge in [0.05, 0.1) is 11.6 Å². The molecule has 0 saturated heterocycles. The number of para-hydroxylation sites is 1. The predicted octanol–water partition coefficient (Wildman–Crippen LogP) is 3.23. The monoisotopic (exact) mass is 321 g/mol. The number of nitrogens with zero attached hydrogens (tertiary/aromatic N) is 1. The van der Waals surface area contributed by atoms with Crippen LogP contribution in [0.25, 0.3) is 0 Å². The Morgan fingerprint density at radius 1 is 1.32 bits per heavy atom. The van der Waals surface area contributed by atoms with Gasteiger partial charge in [0.2, 0.25) is 0 Å². The van der Waals surface area contributed by atoms with Crippen molar-refractivity contribution in [2.75, 3.05) is 13.7 Å². The molecule has 0 radical (unpaired) electrons. The number of aryl methyl sites for hydroxylation is 2. The van der Waals surface area contributed by atoms with Crippen LogP contribution in [0.1, 0.15) is 31.5 Å². The van der Waals surface area contributed by atoms with Gasteiger partial charge in [0, 0.05) is 13.5 Å². The molecule has 0 saturated carbocycles. The maximum Gasteiger partial charge on any atom is 0.347 e. The summed E-state index contributed by atoms with van der Waals surface area (Å²) < 4.78 is 10.8. The predicted molar refractivity (Wildman–Crippen MR) is 84.9 cm³/mol. The van der Waals surface area contributed by atoms with Crippen molar-refractivity contribution < 1.29 is 19.4 Å². The zero-order valence-corrected chi connectivity index (χ0v) is 13.7. The number of rotatable bonds is 7. The van der Waals surface area contributed by atoms with E-state index in [-0.39, 0.29) is 11.5 Å². The smallest absolute Gasteiger partial charge is 0.347 e. The number of thiazole rings is 1. The van der Waals surface area contributed by atoms with E-state index in [2.05, 4.69) is 4.98 Å². The molecule has 0 amide bonds. The van der Waals surface area contributed by atoms with Gasteiger partial charge in [-0.2, -0.15) is 0 Å². The number of ether oxygens (including phenoxy) is 2. The lowest BCUT2D eigenvalue weighted by Gasteiger charge is -2.11. The molecule has 0 aliphatic heterocycles. The fourth-order valence-corrected chi connectivity index (χ4v) is 3.02. The zero-order valence-electron chi connectivity index (χ0n) is 12.9. The Balaban J connectivity index is 2.18. The summed E-state index contributed by atoms with van der Waals surface area (Å²) in [5.41, 5.74) is 2.50. The Morgan fingerprint density at radius 2 is 2.00 bits per heavy atom. The Hall–Kier alpha value is -1.92. The van der Waals surface area contributed by atoms with Crippen molar-refractivity contribution in [2.24, 2.45) is 0 Å². The largest absolute Gasteiger partial charge is 0.487 e. The quantitative estimate of drug-likeness (QED) is 0.848. The minimum atomic E-state index is -0.971. The summed E-state index contributed by atoms with van der Waals surface area (Å²) in [6.07, 6.45) is 0.602. The second kappa shape index (κ2) is 7.38. The highest BCUT2D eigenvalue weighted by molar-refractivity contribution is 7.13. The average Bonchev–Trinajstić information content (AvgIpc) is 2.88. The maximum absolute atomic E-state index is 11.3. The van der Waals surface area contributed by atoms with Gasteiger partial charge in [-0.15, -0.1) is 11.3 Å². The van der Waals surface area contributed by atoms with Gasteiger partial charge < -0.3 is 14.6 Å². The molecule has 0 bridgehead atoms. The van der Waals surface area contributed by atoms with Crippen molar-refractivity contribution in [3.63, 3.8) is 0 Å². The van der Waals surface area contributed by atoms with E-state index in [0.717, 1.165) is 21.9 Å². The molecule has 1 aromatic carbocycles. The first kappa shape index (κ1) is 16.5.